The van der Waals surface area contributed by atoms with Gasteiger partial charge in [-0.15, -0.1) is 0 Å². The molecule has 2 heterocycles. The highest BCUT2D eigenvalue weighted by atomic mass is 16.7. The van der Waals surface area contributed by atoms with Crippen molar-refractivity contribution in [1.29, 1.82) is 0 Å². The van der Waals surface area contributed by atoms with E-state index in [-0.39, 0.29) is 12.8 Å². The topological polar surface area (TPSA) is 65.5 Å². The third kappa shape index (κ3) is 4.12. The van der Waals surface area contributed by atoms with Crippen molar-refractivity contribution >= 4 is 27.8 Å². The first kappa shape index (κ1) is 22.7. The summed E-state index contributed by atoms with van der Waals surface area (Å²) in [6.45, 7) is 1.42. The van der Waals surface area contributed by atoms with Gasteiger partial charge in [0.25, 0.3) is 0 Å². The van der Waals surface area contributed by atoms with E-state index in [1.54, 1.807) is 7.11 Å². The molecule has 0 spiro atoms. The summed E-state index contributed by atoms with van der Waals surface area (Å²) in [5.41, 5.74) is 6.53. The molecule has 1 fully saturated rings. The minimum Gasteiger partial charge on any atom is -0.465 e. The number of benzene rings is 2. The lowest BCUT2D eigenvalue weighted by Crippen LogP contribution is -2.11. The fourth-order valence-corrected chi connectivity index (χ4v) is 5.53. The van der Waals surface area contributed by atoms with Crippen molar-refractivity contribution in [3.8, 4) is 11.3 Å². The Morgan fingerprint density at radius 2 is 1.94 bits per heavy atom. The third-order valence-corrected chi connectivity index (χ3v) is 7.04. The molecule has 0 unspecified atom stereocenters. The molecule has 0 aliphatic heterocycles. The lowest BCUT2D eigenvalue weighted by atomic mass is 9.81. The molecule has 6 nitrogen and oxygen atoms in total. The molecule has 5 rings (SSSR count). The van der Waals surface area contributed by atoms with Crippen LogP contribution in [0, 0.1) is 0 Å². The van der Waals surface area contributed by atoms with Crippen molar-refractivity contribution < 1.29 is 19.0 Å². The Kier molecular flexibility index (Phi) is 6.70. The first-order valence-corrected chi connectivity index (χ1v) is 12.1. The average Bonchev–Trinajstić information content (AvgIpc) is 3.49. The summed E-state index contributed by atoms with van der Waals surface area (Å²) < 4.78 is 18.2. The number of fused-ring (bicyclic) bond motifs is 2. The van der Waals surface area contributed by atoms with E-state index < -0.39 is 0 Å². The number of carbonyl (C=O) groups excluding carboxylic acids is 1. The Morgan fingerprint density at radius 1 is 1.09 bits per heavy atom. The van der Waals surface area contributed by atoms with Crippen LogP contribution in [0.25, 0.3) is 33.1 Å². The smallest absolute Gasteiger partial charge is 0.337 e. The number of nitrogens with one attached hydrogen (secondary N) is 1. The summed E-state index contributed by atoms with van der Waals surface area (Å²) in [7, 11) is 3.06. The van der Waals surface area contributed by atoms with Crippen LogP contribution in [-0.4, -0.2) is 43.1 Å². The monoisotopic (exact) mass is 460 g/mol. The number of esters is 1. The lowest BCUT2D eigenvalue weighted by molar-refractivity contribution is -0.0326. The molecule has 1 N–H and O–H groups in total. The van der Waals surface area contributed by atoms with E-state index in [0.717, 1.165) is 11.0 Å². The predicted octanol–water partition coefficient (Wildman–Crippen LogP) is 6.24. The number of aromatic amines is 1. The number of nitrogens with zero attached hydrogens (tertiary/aromatic N) is 1. The van der Waals surface area contributed by atoms with E-state index in [2.05, 4.69) is 39.9 Å². The van der Waals surface area contributed by atoms with E-state index >= 15 is 0 Å². The van der Waals surface area contributed by atoms with Crippen LogP contribution < -0.4 is 0 Å². The zero-order valence-corrected chi connectivity index (χ0v) is 19.9. The Hall–Kier alpha value is -3.09. The maximum atomic E-state index is 12.4. The quantitative estimate of drug-likeness (QED) is 0.192. The number of para-hydroxylation sites is 1. The molecule has 1 aliphatic carbocycles. The van der Waals surface area contributed by atoms with Gasteiger partial charge in [-0.25, -0.2) is 4.79 Å². The maximum Gasteiger partial charge on any atom is 0.337 e. The van der Waals surface area contributed by atoms with Gasteiger partial charge in [0.1, 0.15) is 6.79 Å². The van der Waals surface area contributed by atoms with Crippen molar-refractivity contribution in [3.63, 3.8) is 0 Å². The van der Waals surface area contributed by atoms with Crippen LogP contribution in [0.15, 0.2) is 48.7 Å². The highest BCUT2D eigenvalue weighted by molar-refractivity contribution is 6.02. The Morgan fingerprint density at radius 3 is 2.74 bits per heavy atom. The van der Waals surface area contributed by atoms with Crippen molar-refractivity contribution in [2.45, 2.75) is 44.6 Å². The van der Waals surface area contributed by atoms with E-state index in [4.69, 9.17) is 14.2 Å². The Bertz CT molecular complexity index is 1300. The Balaban J connectivity index is 1.78. The number of hydrogen-bond acceptors (Lipinski definition) is 4. The van der Waals surface area contributed by atoms with Crippen molar-refractivity contribution in [3.05, 3.63) is 59.8 Å². The van der Waals surface area contributed by atoms with E-state index in [1.807, 2.05) is 18.3 Å². The van der Waals surface area contributed by atoms with Gasteiger partial charge in [-0.3, -0.25) is 0 Å². The van der Waals surface area contributed by atoms with Crippen molar-refractivity contribution in [1.82, 2.24) is 9.55 Å². The SMILES string of the molecule is COCOCCn1c(-c2cccc3cc[nH]c23)c(C2CCCCC2)c2ccc(C(=O)OC)cc21. The predicted molar refractivity (Wildman–Crippen MR) is 134 cm³/mol. The zero-order valence-electron chi connectivity index (χ0n) is 19.9. The second-order valence-corrected chi connectivity index (χ2v) is 9.03. The van der Waals surface area contributed by atoms with Gasteiger partial charge in [0.15, 0.2) is 0 Å². The minimum atomic E-state index is -0.322. The number of hydrogen-bond donors (Lipinski definition) is 1. The third-order valence-electron chi connectivity index (χ3n) is 7.04. The van der Waals surface area contributed by atoms with Crippen LogP contribution >= 0.6 is 0 Å². The van der Waals surface area contributed by atoms with Gasteiger partial charge < -0.3 is 23.8 Å². The number of aromatic nitrogens is 2. The maximum absolute atomic E-state index is 12.4. The first-order chi connectivity index (χ1) is 16.7. The normalized spacial score (nSPS) is 14.8. The number of H-pyrrole nitrogens is 1. The summed E-state index contributed by atoms with van der Waals surface area (Å²) in [4.78, 5) is 15.9. The van der Waals surface area contributed by atoms with Gasteiger partial charge in [0.05, 0.1) is 30.5 Å². The molecule has 34 heavy (non-hydrogen) atoms. The number of methoxy groups -OCH3 is 2. The van der Waals surface area contributed by atoms with Crippen LogP contribution in [-0.2, 0) is 20.8 Å². The molecule has 0 amide bonds. The highest BCUT2D eigenvalue weighted by Crippen LogP contribution is 2.45. The van der Waals surface area contributed by atoms with Gasteiger partial charge in [-0.2, -0.15) is 0 Å². The van der Waals surface area contributed by atoms with Gasteiger partial charge in [-0.1, -0.05) is 43.5 Å². The molecule has 2 aromatic carbocycles. The second-order valence-electron chi connectivity index (χ2n) is 9.03. The number of carbonyl (C=O) groups is 1. The van der Waals surface area contributed by atoms with Crippen LogP contribution in [0.5, 0.6) is 0 Å². The molecule has 4 aromatic rings. The van der Waals surface area contributed by atoms with Gasteiger partial charge in [-0.05, 0) is 42.5 Å². The molecular weight excluding hydrogens is 428 g/mol. The van der Waals surface area contributed by atoms with Crippen LogP contribution in [0.3, 0.4) is 0 Å². The van der Waals surface area contributed by atoms with E-state index in [0.29, 0.717) is 24.6 Å². The minimum absolute atomic E-state index is 0.254. The molecule has 0 saturated heterocycles. The summed E-state index contributed by atoms with van der Waals surface area (Å²) >= 11 is 0. The molecule has 0 radical (unpaired) electrons. The standard InChI is InChI=1S/C28H32N2O4/c1-32-18-34-16-15-30-24-17-21(28(31)33-2)11-12-22(24)25(19-7-4-3-5-8-19)27(30)23-10-6-9-20-13-14-29-26(20)23/h6,9-14,17,19,29H,3-5,7-8,15-16,18H2,1-2H3. The summed E-state index contributed by atoms with van der Waals surface area (Å²) in [5.74, 6) is 0.166. The molecule has 0 bridgehead atoms. The molecule has 2 aromatic heterocycles. The number of rotatable bonds is 8. The molecule has 1 saturated carbocycles. The van der Waals surface area contributed by atoms with Crippen molar-refractivity contribution in [2.75, 3.05) is 27.6 Å². The largest absolute Gasteiger partial charge is 0.465 e. The van der Waals surface area contributed by atoms with E-state index in [1.165, 1.54) is 66.8 Å². The second kappa shape index (κ2) is 10.0. The molecule has 6 heteroatoms. The Labute approximate surface area is 199 Å². The van der Waals surface area contributed by atoms with Crippen LogP contribution in [0.2, 0.25) is 0 Å². The number of ether oxygens (including phenoxy) is 3. The first-order valence-electron chi connectivity index (χ1n) is 12.1. The molecule has 0 atom stereocenters. The summed E-state index contributed by atoms with van der Waals surface area (Å²) in [6.07, 6.45) is 8.17. The molecule has 178 valence electrons. The average molecular weight is 461 g/mol. The van der Waals surface area contributed by atoms with Crippen LogP contribution in [0.1, 0.15) is 53.9 Å². The lowest BCUT2D eigenvalue weighted by Gasteiger charge is -2.24. The highest BCUT2D eigenvalue weighted by Gasteiger charge is 2.28. The summed E-state index contributed by atoms with van der Waals surface area (Å²) in [5, 5.41) is 2.40. The fraction of sp³-hybridized carbons (Fsp3) is 0.393. The fourth-order valence-electron chi connectivity index (χ4n) is 5.53. The molecule has 1 aliphatic rings. The van der Waals surface area contributed by atoms with Gasteiger partial charge >= 0.3 is 5.97 Å². The van der Waals surface area contributed by atoms with Crippen molar-refractivity contribution in [2.24, 2.45) is 0 Å². The summed E-state index contributed by atoms with van der Waals surface area (Å²) in [6, 6.07) is 14.6. The van der Waals surface area contributed by atoms with Gasteiger partial charge in [0.2, 0.25) is 0 Å². The van der Waals surface area contributed by atoms with Gasteiger partial charge in [0, 0.05) is 41.7 Å². The zero-order chi connectivity index (χ0) is 23.5. The molecular formula is C28H32N2O4. The van der Waals surface area contributed by atoms with E-state index in [9.17, 15) is 4.79 Å². The van der Waals surface area contributed by atoms with Crippen LogP contribution in [0.4, 0.5) is 0 Å².